The standard InChI is InChI=1S/C36H24O.C16H16.C13H12.C2H6/c1-23-20-21-27-26-16-8-10-18-29(26)36(31(27)22-23)30-19-11-9-17-28(30)32-33(36)35(25-14-6-3-7-15-25)37-34(32)24-12-4-2-5-13-24;1-11-8-9-13-12-6-4-5-7-14(12)16(2,3)15(13)10-11;1-11-7-5-6-10-13(11)12-8-3-2-4-9-12;1-2/h2-22H,1H3;4-10H,1-3H3;2-10H,1H3;1-2H3. The van der Waals surface area contributed by atoms with E-state index in [9.17, 15) is 0 Å². The fourth-order valence-electron chi connectivity index (χ4n) is 11.1. The summed E-state index contributed by atoms with van der Waals surface area (Å²) in [7, 11) is 0. The lowest BCUT2D eigenvalue weighted by Gasteiger charge is -2.30. The maximum atomic E-state index is 6.96. The molecule has 1 atom stereocenters. The second-order valence-corrected chi connectivity index (χ2v) is 18.5. The van der Waals surface area contributed by atoms with Crippen LogP contribution in [0, 0.1) is 20.8 Å². The first kappa shape index (κ1) is 44.1. The van der Waals surface area contributed by atoms with Crippen LogP contribution in [0.1, 0.15) is 77.8 Å². The zero-order valence-electron chi connectivity index (χ0n) is 40.3. The Morgan fingerprint density at radius 2 is 0.721 bits per heavy atom. The molecule has 1 heteroatoms. The predicted octanol–water partition coefficient (Wildman–Crippen LogP) is 18.3. The van der Waals surface area contributed by atoms with Gasteiger partial charge in [-0.3, -0.25) is 0 Å². The van der Waals surface area contributed by atoms with Gasteiger partial charge in [0, 0.05) is 27.7 Å². The third-order valence-electron chi connectivity index (χ3n) is 14.1. The van der Waals surface area contributed by atoms with Gasteiger partial charge in [-0.2, -0.15) is 0 Å². The summed E-state index contributed by atoms with van der Waals surface area (Å²) in [6, 6.07) is 80.4. The highest BCUT2D eigenvalue weighted by molar-refractivity contribution is 6.02. The van der Waals surface area contributed by atoms with E-state index < -0.39 is 5.41 Å². The summed E-state index contributed by atoms with van der Waals surface area (Å²) in [4.78, 5) is 0. The zero-order valence-corrected chi connectivity index (χ0v) is 40.3. The largest absolute Gasteiger partial charge is 0.455 e. The summed E-state index contributed by atoms with van der Waals surface area (Å²) in [5.41, 5.74) is 24.6. The van der Waals surface area contributed by atoms with Crippen LogP contribution in [0.4, 0.5) is 0 Å². The zero-order chi connectivity index (χ0) is 47.0. The van der Waals surface area contributed by atoms with E-state index in [1.807, 2.05) is 19.9 Å². The minimum Gasteiger partial charge on any atom is -0.455 e. The van der Waals surface area contributed by atoms with Gasteiger partial charge in [-0.1, -0.05) is 263 Å². The van der Waals surface area contributed by atoms with Gasteiger partial charge >= 0.3 is 0 Å². The second kappa shape index (κ2) is 18.2. The van der Waals surface area contributed by atoms with Crippen LogP contribution in [0.5, 0.6) is 0 Å². The first-order valence-electron chi connectivity index (χ1n) is 24.2. The van der Waals surface area contributed by atoms with Crippen LogP contribution in [-0.4, -0.2) is 0 Å². The van der Waals surface area contributed by atoms with Crippen molar-refractivity contribution in [3.05, 3.63) is 275 Å². The van der Waals surface area contributed by atoms with Gasteiger partial charge in [0.1, 0.15) is 11.5 Å². The number of hydrogen-bond donors (Lipinski definition) is 0. The van der Waals surface area contributed by atoms with Crippen LogP contribution in [0.2, 0.25) is 0 Å². The Bertz CT molecular complexity index is 3410. The second-order valence-electron chi connectivity index (χ2n) is 18.5. The van der Waals surface area contributed by atoms with E-state index in [2.05, 4.69) is 253 Å². The average molecular weight is 879 g/mol. The van der Waals surface area contributed by atoms with Crippen LogP contribution in [0.25, 0.3) is 67.2 Å². The molecule has 1 aromatic heterocycles. The van der Waals surface area contributed by atoms with Crippen molar-refractivity contribution in [2.45, 2.75) is 59.3 Å². The van der Waals surface area contributed by atoms with Gasteiger partial charge in [-0.05, 0) is 93.1 Å². The van der Waals surface area contributed by atoms with Crippen LogP contribution in [-0.2, 0) is 10.8 Å². The van der Waals surface area contributed by atoms with Gasteiger partial charge < -0.3 is 4.42 Å². The highest BCUT2D eigenvalue weighted by Gasteiger charge is 2.55. The van der Waals surface area contributed by atoms with Crippen molar-refractivity contribution >= 4 is 0 Å². The molecule has 1 nitrogen and oxygen atoms in total. The molecule has 13 rings (SSSR count). The molecule has 0 saturated heterocycles. The van der Waals surface area contributed by atoms with Crippen molar-refractivity contribution in [3.63, 3.8) is 0 Å². The fraction of sp³-hybridized carbons (Fsp3) is 0.134. The smallest absolute Gasteiger partial charge is 0.142 e. The van der Waals surface area contributed by atoms with Crippen LogP contribution in [0.3, 0.4) is 0 Å². The quantitative estimate of drug-likeness (QED) is 0.172. The van der Waals surface area contributed by atoms with E-state index in [0.29, 0.717) is 0 Å². The maximum absolute atomic E-state index is 6.96. The Morgan fingerprint density at radius 3 is 1.29 bits per heavy atom. The average Bonchev–Trinajstić information content (AvgIpc) is 4.08. The Labute approximate surface area is 403 Å². The van der Waals surface area contributed by atoms with Crippen molar-refractivity contribution in [2.24, 2.45) is 0 Å². The molecule has 0 saturated carbocycles. The van der Waals surface area contributed by atoms with Gasteiger partial charge in [-0.15, -0.1) is 0 Å². The SMILES string of the molecule is CC.Cc1ccc2c(c1)C(C)(C)c1ccccc1-2.Cc1ccc2c(c1)C1(c3ccccc3-2)c2ccccc2-c2c(-c3ccccc3)oc(-c3ccccc3)c21.Cc1ccccc1-c1ccccc1. The van der Waals surface area contributed by atoms with Crippen molar-refractivity contribution in [1.29, 1.82) is 0 Å². The molecule has 9 aromatic carbocycles. The molecular weight excluding hydrogens is 821 g/mol. The number of aryl methyl sites for hydroxylation is 3. The highest BCUT2D eigenvalue weighted by atomic mass is 16.3. The molecule has 0 aliphatic heterocycles. The van der Waals surface area contributed by atoms with Crippen molar-refractivity contribution in [3.8, 4) is 67.2 Å². The Balaban J connectivity index is 0.000000142. The minimum absolute atomic E-state index is 0.151. The minimum atomic E-state index is -0.439. The number of fused-ring (bicyclic) bond motifs is 13. The normalized spacial score (nSPS) is 14.6. The monoisotopic (exact) mass is 878 g/mol. The summed E-state index contributed by atoms with van der Waals surface area (Å²) >= 11 is 0. The molecule has 3 aliphatic carbocycles. The van der Waals surface area contributed by atoms with E-state index in [1.54, 1.807) is 0 Å². The molecule has 1 spiro atoms. The van der Waals surface area contributed by atoms with Crippen LogP contribution < -0.4 is 0 Å². The predicted molar refractivity (Wildman–Crippen MR) is 287 cm³/mol. The lowest BCUT2D eigenvalue weighted by molar-refractivity contribution is 0.588. The number of furan rings is 1. The molecular formula is C67H58O. The fourth-order valence-corrected chi connectivity index (χ4v) is 11.1. The summed E-state index contributed by atoms with van der Waals surface area (Å²) in [6.07, 6.45) is 0. The molecule has 0 bridgehead atoms. The molecule has 68 heavy (non-hydrogen) atoms. The lowest BCUT2D eigenvalue weighted by Crippen LogP contribution is -2.26. The molecule has 0 N–H and O–H groups in total. The molecule has 1 unspecified atom stereocenters. The van der Waals surface area contributed by atoms with Crippen molar-refractivity contribution in [2.75, 3.05) is 0 Å². The lowest BCUT2D eigenvalue weighted by atomic mass is 9.69. The van der Waals surface area contributed by atoms with Gasteiger partial charge in [0.15, 0.2) is 0 Å². The van der Waals surface area contributed by atoms with Gasteiger partial charge in [0.05, 0.1) is 5.41 Å². The van der Waals surface area contributed by atoms with Gasteiger partial charge in [-0.25, -0.2) is 0 Å². The molecule has 0 amide bonds. The van der Waals surface area contributed by atoms with Crippen LogP contribution in [0.15, 0.2) is 229 Å². The molecule has 1 heterocycles. The molecule has 332 valence electrons. The molecule has 0 radical (unpaired) electrons. The van der Waals surface area contributed by atoms with E-state index in [4.69, 9.17) is 4.42 Å². The van der Waals surface area contributed by atoms with Crippen molar-refractivity contribution in [1.82, 2.24) is 0 Å². The first-order chi connectivity index (χ1) is 33.3. The molecule has 3 aliphatic rings. The Hall–Kier alpha value is -7.74. The number of hydrogen-bond acceptors (Lipinski definition) is 1. The summed E-state index contributed by atoms with van der Waals surface area (Å²) < 4.78 is 6.96. The number of benzene rings is 9. The molecule has 10 aromatic rings. The van der Waals surface area contributed by atoms with E-state index in [0.717, 1.165) is 22.6 Å². The third-order valence-corrected chi connectivity index (χ3v) is 14.1. The van der Waals surface area contributed by atoms with Gasteiger partial charge in [0.25, 0.3) is 0 Å². The van der Waals surface area contributed by atoms with E-state index >= 15 is 0 Å². The Morgan fingerprint density at radius 1 is 0.324 bits per heavy atom. The topological polar surface area (TPSA) is 13.1 Å². The van der Waals surface area contributed by atoms with Gasteiger partial charge in [0.2, 0.25) is 0 Å². The molecule has 0 fully saturated rings. The summed E-state index contributed by atoms with van der Waals surface area (Å²) in [6.45, 7) is 15.1. The Kier molecular flexibility index (Phi) is 11.8. The van der Waals surface area contributed by atoms with Crippen molar-refractivity contribution < 1.29 is 4.42 Å². The van der Waals surface area contributed by atoms with E-state index in [1.165, 1.54) is 94.6 Å². The third kappa shape index (κ3) is 7.26. The van der Waals surface area contributed by atoms with E-state index in [-0.39, 0.29) is 5.41 Å². The first-order valence-corrected chi connectivity index (χ1v) is 24.2. The summed E-state index contributed by atoms with van der Waals surface area (Å²) in [5.74, 6) is 1.90. The summed E-state index contributed by atoms with van der Waals surface area (Å²) in [5, 5.41) is 0. The number of rotatable bonds is 3. The highest BCUT2D eigenvalue weighted by Crippen LogP contribution is 2.67. The maximum Gasteiger partial charge on any atom is 0.142 e. The van der Waals surface area contributed by atoms with Crippen LogP contribution >= 0.6 is 0 Å².